The number of aryl methyl sites for hydroxylation is 3. The summed E-state index contributed by atoms with van der Waals surface area (Å²) in [5.41, 5.74) is 6.40. The molecular weight excluding hydrogens is 194 g/mol. The van der Waals surface area contributed by atoms with E-state index in [-0.39, 0.29) is 0 Å². The van der Waals surface area contributed by atoms with E-state index in [1.165, 1.54) is 34.5 Å². The lowest BCUT2D eigenvalue weighted by atomic mass is 10.0. The second kappa shape index (κ2) is 5.83. The van der Waals surface area contributed by atoms with Crippen LogP contribution in [0.25, 0.3) is 0 Å². The first-order valence-electron chi connectivity index (χ1n) is 6.22. The van der Waals surface area contributed by atoms with Crippen LogP contribution in [0.2, 0.25) is 0 Å². The van der Waals surface area contributed by atoms with Gasteiger partial charge in [-0.2, -0.15) is 0 Å². The van der Waals surface area contributed by atoms with Gasteiger partial charge in [0.1, 0.15) is 0 Å². The van der Waals surface area contributed by atoms with E-state index in [9.17, 15) is 0 Å². The minimum atomic E-state index is 1.06. The SMILES string of the molecule is CCCC(CC)=Nc1c(C)cc(C)cc1C. The number of nitrogens with zero attached hydrogens (tertiary/aromatic N) is 1. The third-order valence-corrected chi connectivity index (χ3v) is 2.85. The molecule has 0 fully saturated rings. The van der Waals surface area contributed by atoms with Crippen molar-refractivity contribution in [3.05, 3.63) is 28.8 Å². The second-order valence-electron chi connectivity index (χ2n) is 4.53. The second-order valence-corrected chi connectivity index (χ2v) is 4.53. The van der Waals surface area contributed by atoms with Gasteiger partial charge >= 0.3 is 0 Å². The van der Waals surface area contributed by atoms with Crippen molar-refractivity contribution in [3.8, 4) is 0 Å². The summed E-state index contributed by atoms with van der Waals surface area (Å²) in [6, 6.07) is 4.43. The van der Waals surface area contributed by atoms with E-state index in [0.29, 0.717) is 0 Å². The van der Waals surface area contributed by atoms with E-state index < -0.39 is 0 Å². The van der Waals surface area contributed by atoms with Gasteiger partial charge in [-0.05, 0) is 44.7 Å². The predicted molar refractivity (Wildman–Crippen MR) is 72.9 cm³/mol. The molecule has 88 valence electrons. The molecule has 0 heterocycles. The zero-order chi connectivity index (χ0) is 12.1. The Bertz CT molecular complexity index is 365. The Morgan fingerprint density at radius 3 is 2.06 bits per heavy atom. The van der Waals surface area contributed by atoms with Crippen molar-refractivity contribution < 1.29 is 0 Å². The topological polar surface area (TPSA) is 12.4 Å². The molecule has 0 N–H and O–H groups in total. The van der Waals surface area contributed by atoms with Gasteiger partial charge in [-0.25, -0.2) is 0 Å². The van der Waals surface area contributed by atoms with Crippen LogP contribution in [0, 0.1) is 20.8 Å². The Kier molecular flexibility index (Phi) is 4.72. The summed E-state index contributed by atoms with van der Waals surface area (Å²) in [5.74, 6) is 0. The lowest BCUT2D eigenvalue weighted by Gasteiger charge is -2.09. The molecule has 0 saturated carbocycles. The fraction of sp³-hybridized carbons (Fsp3) is 0.533. The molecule has 0 spiro atoms. The lowest BCUT2D eigenvalue weighted by Crippen LogP contribution is -1.95. The molecule has 0 aliphatic rings. The summed E-state index contributed by atoms with van der Waals surface area (Å²) in [6.45, 7) is 10.8. The molecule has 0 atom stereocenters. The molecule has 1 heteroatoms. The molecule has 1 rings (SSSR count). The van der Waals surface area contributed by atoms with E-state index >= 15 is 0 Å². The van der Waals surface area contributed by atoms with E-state index in [2.05, 4.69) is 46.8 Å². The minimum absolute atomic E-state index is 1.06. The van der Waals surface area contributed by atoms with Crippen molar-refractivity contribution in [2.45, 2.75) is 53.9 Å². The van der Waals surface area contributed by atoms with Crippen molar-refractivity contribution in [1.29, 1.82) is 0 Å². The standard InChI is InChI=1S/C15H23N/c1-6-8-14(7-2)16-15-12(4)9-11(3)10-13(15)5/h9-10H,6-8H2,1-5H3. The molecule has 0 unspecified atom stereocenters. The van der Waals surface area contributed by atoms with Gasteiger partial charge in [-0.3, -0.25) is 4.99 Å². The number of rotatable bonds is 4. The highest BCUT2D eigenvalue weighted by atomic mass is 14.8. The molecule has 16 heavy (non-hydrogen) atoms. The first-order valence-corrected chi connectivity index (χ1v) is 6.22. The Labute approximate surface area is 99.6 Å². The zero-order valence-electron chi connectivity index (χ0n) is 11.2. The Morgan fingerprint density at radius 1 is 1.06 bits per heavy atom. The van der Waals surface area contributed by atoms with Crippen molar-refractivity contribution >= 4 is 11.4 Å². The summed E-state index contributed by atoms with van der Waals surface area (Å²) >= 11 is 0. The van der Waals surface area contributed by atoms with Gasteiger partial charge in [0, 0.05) is 5.71 Å². The number of hydrogen-bond donors (Lipinski definition) is 0. The molecule has 1 aromatic rings. The van der Waals surface area contributed by atoms with Crippen LogP contribution in [0.3, 0.4) is 0 Å². The Morgan fingerprint density at radius 2 is 1.62 bits per heavy atom. The third-order valence-electron chi connectivity index (χ3n) is 2.85. The van der Waals surface area contributed by atoms with E-state index in [1.54, 1.807) is 0 Å². The average molecular weight is 217 g/mol. The maximum atomic E-state index is 4.82. The molecule has 0 amide bonds. The number of aliphatic imine (C=N–C) groups is 1. The summed E-state index contributed by atoms with van der Waals surface area (Å²) in [5, 5.41) is 0. The fourth-order valence-corrected chi connectivity index (χ4v) is 2.11. The van der Waals surface area contributed by atoms with Crippen LogP contribution in [0.5, 0.6) is 0 Å². The van der Waals surface area contributed by atoms with E-state index in [0.717, 1.165) is 12.8 Å². The van der Waals surface area contributed by atoms with Gasteiger partial charge in [-0.1, -0.05) is 38.0 Å². The summed E-state index contributed by atoms with van der Waals surface area (Å²) in [6.07, 6.45) is 3.35. The minimum Gasteiger partial charge on any atom is -0.257 e. The van der Waals surface area contributed by atoms with Gasteiger partial charge in [0.05, 0.1) is 5.69 Å². The van der Waals surface area contributed by atoms with Gasteiger partial charge in [-0.15, -0.1) is 0 Å². The molecule has 0 aromatic heterocycles. The van der Waals surface area contributed by atoms with E-state index in [1.807, 2.05) is 0 Å². The first-order chi connectivity index (χ1) is 7.58. The molecule has 0 aliphatic heterocycles. The van der Waals surface area contributed by atoms with Crippen molar-refractivity contribution in [2.75, 3.05) is 0 Å². The quantitative estimate of drug-likeness (QED) is 0.636. The number of benzene rings is 1. The van der Waals surface area contributed by atoms with Crippen molar-refractivity contribution in [2.24, 2.45) is 4.99 Å². The Balaban J connectivity index is 3.12. The van der Waals surface area contributed by atoms with Crippen molar-refractivity contribution in [3.63, 3.8) is 0 Å². The van der Waals surface area contributed by atoms with Gasteiger partial charge < -0.3 is 0 Å². The van der Waals surface area contributed by atoms with E-state index in [4.69, 9.17) is 4.99 Å². The van der Waals surface area contributed by atoms with Gasteiger partial charge in [0.15, 0.2) is 0 Å². The van der Waals surface area contributed by atoms with Crippen LogP contribution >= 0.6 is 0 Å². The predicted octanol–water partition coefficient (Wildman–Crippen LogP) is 4.89. The largest absolute Gasteiger partial charge is 0.257 e. The highest BCUT2D eigenvalue weighted by Crippen LogP contribution is 2.26. The first kappa shape index (κ1) is 13.0. The molecule has 1 nitrogen and oxygen atoms in total. The van der Waals surface area contributed by atoms with Crippen molar-refractivity contribution in [1.82, 2.24) is 0 Å². The molecular formula is C15H23N. The number of hydrogen-bond acceptors (Lipinski definition) is 1. The lowest BCUT2D eigenvalue weighted by molar-refractivity contribution is 0.965. The normalized spacial score (nSPS) is 11.9. The Hall–Kier alpha value is -1.11. The zero-order valence-corrected chi connectivity index (χ0v) is 11.2. The maximum Gasteiger partial charge on any atom is 0.0687 e. The summed E-state index contributed by atoms with van der Waals surface area (Å²) in [4.78, 5) is 4.82. The highest BCUT2D eigenvalue weighted by Gasteiger charge is 2.03. The van der Waals surface area contributed by atoms with Crippen LogP contribution in [0.1, 0.15) is 49.8 Å². The van der Waals surface area contributed by atoms with Gasteiger partial charge in [0.2, 0.25) is 0 Å². The third kappa shape index (κ3) is 3.19. The van der Waals surface area contributed by atoms with Crippen LogP contribution in [-0.2, 0) is 0 Å². The van der Waals surface area contributed by atoms with Crippen LogP contribution in [-0.4, -0.2) is 5.71 Å². The summed E-state index contributed by atoms with van der Waals surface area (Å²) < 4.78 is 0. The maximum absolute atomic E-state index is 4.82. The highest BCUT2D eigenvalue weighted by molar-refractivity contribution is 5.87. The monoisotopic (exact) mass is 217 g/mol. The molecule has 0 saturated heterocycles. The molecule has 0 radical (unpaired) electrons. The molecule has 1 aromatic carbocycles. The smallest absolute Gasteiger partial charge is 0.0687 e. The molecule has 0 aliphatic carbocycles. The van der Waals surface area contributed by atoms with Gasteiger partial charge in [0.25, 0.3) is 0 Å². The van der Waals surface area contributed by atoms with Crippen LogP contribution in [0.4, 0.5) is 5.69 Å². The fourth-order valence-electron chi connectivity index (χ4n) is 2.11. The average Bonchev–Trinajstić information content (AvgIpc) is 2.21. The molecule has 0 bridgehead atoms. The van der Waals surface area contributed by atoms with Crippen LogP contribution in [0.15, 0.2) is 17.1 Å². The summed E-state index contributed by atoms with van der Waals surface area (Å²) in [7, 11) is 0. The van der Waals surface area contributed by atoms with Crippen LogP contribution < -0.4 is 0 Å².